The van der Waals surface area contributed by atoms with Gasteiger partial charge in [-0.3, -0.25) is 0 Å². The molecule has 0 aromatic heterocycles. The smallest absolute Gasteiger partial charge is 0.302 e. The minimum absolute atomic E-state index is 0. The van der Waals surface area contributed by atoms with E-state index in [2.05, 4.69) is 4.31 Å². The Morgan fingerprint density at radius 3 is 1.00 bits per heavy atom. The Morgan fingerprint density at radius 1 is 0.818 bits per heavy atom. The predicted molar refractivity (Wildman–Crippen MR) is 25.2 cm³/mol. The van der Waals surface area contributed by atoms with E-state index in [0.717, 1.165) is 0 Å². The third-order valence-corrected chi connectivity index (χ3v) is 1.91. The molecule has 0 bridgehead atoms. The van der Waals surface area contributed by atoms with Crippen LogP contribution in [0.25, 0.3) is 0 Å². The van der Waals surface area contributed by atoms with E-state index in [4.69, 9.17) is 19.6 Å². The number of hydrogen-bond acceptors (Lipinski definition) is 3. The van der Waals surface area contributed by atoms with E-state index in [1.165, 1.54) is 0 Å². The van der Waals surface area contributed by atoms with E-state index in [-0.39, 0.29) is 39.0 Å². The molecule has 0 saturated heterocycles. The van der Waals surface area contributed by atoms with Crippen LogP contribution >= 0.6 is 15.6 Å². The molecule has 0 saturated carbocycles. The van der Waals surface area contributed by atoms with Gasteiger partial charge in [0.25, 0.3) is 0 Å². The van der Waals surface area contributed by atoms with Crippen LogP contribution in [-0.4, -0.2) is 19.6 Å². The van der Waals surface area contributed by atoms with Crippen molar-refractivity contribution in [1.29, 1.82) is 0 Å². The molecular weight excluding hydrogens is 305 g/mol. The van der Waals surface area contributed by atoms with E-state index >= 15 is 0 Å². The molecule has 0 aromatic carbocycles. The molecule has 60 valence electrons. The summed E-state index contributed by atoms with van der Waals surface area (Å²) >= 11 is 0. The summed E-state index contributed by atoms with van der Waals surface area (Å²) in [7, 11) is -10.1. The number of rotatable bonds is 2. The van der Waals surface area contributed by atoms with Crippen LogP contribution in [0.1, 0.15) is 0 Å². The predicted octanol–water partition coefficient (Wildman–Crippen LogP) is -0.817. The molecule has 0 fully saturated rings. The Balaban J connectivity index is -0.000000320. The van der Waals surface area contributed by atoms with Gasteiger partial charge in [-0.2, -0.15) is 4.31 Å². The summed E-state index contributed by atoms with van der Waals surface area (Å²) in [6.07, 6.45) is 0. The zero-order valence-electron chi connectivity index (χ0n) is 5.32. The Kier molecular flexibility index (Phi) is 10.1. The third kappa shape index (κ3) is 18.5. The zero-order chi connectivity index (χ0) is 7.71. The van der Waals surface area contributed by atoms with Crippen LogP contribution in [0.4, 0.5) is 0 Å². The largest absolute Gasteiger partial charge is 0.478 e. The molecule has 11 heavy (non-hydrogen) atoms. The van der Waals surface area contributed by atoms with Gasteiger partial charge in [0.05, 0.1) is 0 Å². The first-order valence-electron chi connectivity index (χ1n) is 1.53. The van der Waals surface area contributed by atoms with Crippen molar-refractivity contribution in [2.75, 3.05) is 0 Å². The van der Waals surface area contributed by atoms with Crippen LogP contribution in [0.2, 0.25) is 0 Å². The maximum Gasteiger partial charge on any atom is 0.478 e. The molecule has 0 heterocycles. The maximum atomic E-state index is 9.63. The fourth-order valence-corrected chi connectivity index (χ4v) is 1.25. The average Bonchev–Trinajstić information content (AvgIpc) is 1.14. The molecule has 0 aliphatic heterocycles. The van der Waals surface area contributed by atoms with E-state index in [1.54, 1.807) is 0 Å². The topological polar surface area (TPSA) is 124 Å². The monoisotopic (exact) mass is 306 g/mol. The molecule has 0 aliphatic rings. The van der Waals surface area contributed by atoms with Crippen molar-refractivity contribution in [3.63, 3.8) is 0 Å². The quantitative estimate of drug-likeness (QED) is 0.388. The first-order chi connectivity index (χ1) is 3.71. The van der Waals surface area contributed by atoms with Crippen molar-refractivity contribution >= 4 is 15.6 Å². The second-order valence-electron chi connectivity index (χ2n) is 1.06. The van der Waals surface area contributed by atoms with Crippen LogP contribution in [0.5, 0.6) is 0 Å². The summed E-state index contributed by atoms with van der Waals surface area (Å²) in [6, 6.07) is 0. The minimum Gasteiger partial charge on any atom is -0.302 e. The Bertz CT molecular complexity index is 155. The van der Waals surface area contributed by atoms with Crippen molar-refractivity contribution < 1.29 is 72.0 Å². The average molecular weight is 309 g/mol. The molecule has 0 aliphatic carbocycles. The van der Waals surface area contributed by atoms with Gasteiger partial charge in [-0.05, 0) is 0 Å². The van der Waals surface area contributed by atoms with Crippen LogP contribution in [0.15, 0.2) is 0 Å². The molecule has 0 aromatic rings. The van der Waals surface area contributed by atoms with Gasteiger partial charge in [0.2, 0.25) is 0 Å². The summed E-state index contributed by atoms with van der Waals surface area (Å²) in [5.74, 6) is 0. The van der Waals surface area contributed by atoms with Gasteiger partial charge in [0.1, 0.15) is 0 Å². The van der Waals surface area contributed by atoms with Gasteiger partial charge in [-0.25, -0.2) is 9.13 Å². The van der Waals surface area contributed by atoms with Crippen molar-refractivity contribution in [3.05, 3.63) is 0 Å². The number of hydrogen-bond donors (Lipinski definition) is 4. The molecule has 0 radical (unpaired) electrons. The third-order valence-electron chi connectivity index (χ3n) is 0.213. The van der Waals surface area contributed by atoms with Crippen molar-refractivity contribution in [2.24, 2.45) is 0 Å². The van der Waals surface area contributed by atoms with Gasteiger partial charge in [-0.1, -0.05) is 0 Å². The van der Waals surface area contributed by atoms with Crippen molar-refractivity contribution in [3.8, 4) is 0 Å². The first kappa shape index (κ1) is 18.3. The van der Waals surface area contributed by atoms with Crippen molar-refractivity contribution in [1.82, 2.24) is 0 Å². The second kappa shape index (κ2) is 6.04. The summed E-state index contributed by atoms with van der Waals surface area (Å²) in [6.45, 7) is 0. The molecule has 4 N–H and O–H groups in total. The Hall–Kier alpha value is 1.51. The Morgan fingerprint density at radius 2 is 1.00 bits per heavy atom. The fourth-order valence-electron chi connectivity index (χ4n) is 0.139. The van der Waals surface area contributed by atoms with E-state index in [1.807, 2.05) is 0 Å². The first-order valence-corrected chi connectivity index (χ1v) is 4.59. The molecule has 0 rings (SSSR count). The second-order valence-corrected chi connectivity index (χ2v) is 3.68. The Labute approximate surface area is 87.5 Å². The molecule has 0 spiro atoms. The molecule has 0 unspecified atom stereocenters. The molecule has 11 heteroatoms. The maximum absolute atomic E-state index is 9.63. The summed E-state index contributed by atoms with van der Waals surface area (Å²) < 4.78 is 22.2. The van der Waals surface area contributed by atoms with Gasteiger partial charge >= 0.3 is 15.6 Å². The summed E-state index contributed by atoms with van der Waals surface area (Å²) in [4.78, 5) is 31.0. The standard InChI is InChI=1S/H4O7P2.2Zn/c1-8(2,3)7-9(4,5)6;;/h(H2,1,2,3)(H2,4,5,6);;. The van der Waals surface area contributed by atoms with Crippen molar-refractivity contribution in [2.45, 2.75) is 0 Å². The van der Waals surface area contributed by atoms with E-state index < -0.39 is 15.6 Å². The van der Waals surface area contributed by atoms with Gasteiger partial charge in [0, 0.05) is 39.0 Å². The van der Waals surface area contributed by atoms with Crippen LogP contribution in [0.3, 0.4) is 0 Å². The molecule has 0 amide bonds. The molecule has 0 atom stereocenters. The minimum atomic E-state index is -5.05. The van der Waals surface area contributed by atoms with E-state index in [0.29, 0.717) is 0 Å². The molecular formula is H4O7P2Zn2. The molecule has 7 nitrogen and oxygen atoms in total. The normalized spacial score (nSPS) is 11.3. The number of phosphoric acid groups is 2. The van der Waals surface area contributed by atoms with Crippen LogP contribution in [0, 0.1) is 0 Å². The van der Waals surface area contributed by atoms with Gasteiger partial charge in [-0.15, -0.1) is 0 Å². The van der Waals surface area contributed by atoms with Gasteiger partial charge in [0.15, 0.2) is 0 Å². The zero-order valence-corrected chi connectivity index (χ0v) is 13.0. The summed E-state index contributed by atoms with van der Waals surface area (Å²) in [5, 5.41) is 0. The van der Waals surface area contributed by atoms with Crippen LogP contribution in [-0.2, 0) is 52.4 Å². The van der Waals surface area contributed by atoms with E-state index in [9.17, 15) is 9.13 Å². The SMILES string of the molecule is O=P(O)(O)OP(=O)(O)O.[Zn].[Zn]. The van der Waals surface area contributed by atoms with Gasteiger partial charge < -0.3 is 19.6 Å². The van der Waals surface area contributed by atoms with Crippen LogP contribution < -0.4 is 0 Å². The fraction of sp³-hybridized carbons (Fsp3) is 0. The summed E-state index contributed by atoms with van der Waals surface area (Å²) in [5.41, 5.74) is 0.